The third-order valence-electron chi connectivity index (χ3n) is 9.13. The molecule has 13 heteroatoms. The molecule has 2 heterocycles. The zero-order valence-electron chi connectivity index (χ0n) is 28.9. The van der Waals surface area contributed by atoms with Crippen LogP contribution in [0.5, 0.6) is 0 Å². The summed E-state index contributed by atoms with van der Waals surface area (Å²) in [6, 6.07) is 11.1. The van der Waals surface area contributed by atoms with Crippen molar-refractivity contribution < 1.29 is 33.5 Å². The lowest BCUT2D eigenvalue weighted by molar-refractivity contribution is -0.139. The number of imide groups is 1. The Balaban J connectivity index is 1.59. The Morgan fingerprint density at radius 2 is 1.52 bits per heavy atom. The third kappa shape index (κ3) is 9.36. The van der Waals surface area contributed by atoms with Crippen molar-refractivity contribution in [3.05, 3.63) is 76.3 Å². The molecule has 0 spiro atoms. The zero-order chi connectivity index (χ0) is 36.5. The van der Waals surface area contributed by atoms with E-state index in [1.54, 1.807) is 45.2 Å². The topological polar surface area (TPSA) is 200 Å². The predicted molar refractivity (Wildman–Crippen MR) is 189 cm³/mol. The number of amides is 4. The summed E-state index contributed by atoms with van der Waals surface area (Å²) in [6.45, 7) is 9.03. The van der Waals surface area contributed by atoms with Gasteiger partial charge in [0, 0.05) is 53.1 Å². The molecular weight excluding hydrogens is 642 g/mol. The highest BCUT2D eigenvalue weighted by Gasteiger charge is 2.34. The Morgan fingerprint density at radius 3 is 2.20 bits per heavy atom. The summed E-state index contributed by atoms with van der Waals surface area (Å²) in [5, 5.41) is 21.7. The summed E-state index contributed by atoms with van der Waals surface area (Å²) in [4.78, 5) is 80.0. The number of carbonyl (C=O) groups is 5. The fourth-order valence-electron chi connectivity index (χ4n) is 5.74. The molecule has 4 rings (SSSR count). The molecule has 0 aliphatic rings. The average molecular weight is 688 g/mol. The molecule has 0 radical (unpaired) electrons. The molecule has 5 atom stereocenters. The van der Waals surface area contributed by atoms with Gasteiger partial charge in [0.2, 0.25) is 23.6 Å². The number of benzene rings is 2. The molecule has 4 amide bonds. The van der Waals surface area contributed by atoms with Crippen molar-refractivity contribution in [1.29, 1.82) is 0 Å². The first-order chi connectivity index (χ1) is 23.8. The van der Waals surface area contributed by atoms with Crippen LogP contribution in [0.1, 0.15) is 64.5 Å². The van der Waals surface area contributed by atoms with Crippen LogP contribution in [0.15, 0.2) is 63.9 Å². The highest BCUT2D eigenvalue weighted by atomic mass is 16.4. The molecule has 2 aromatic heterocycles. The molecule has 4 aromatic rings. The number of hydrogen-bond donors (Lipinski definition) is 6. The van der Waals surface area contributed by atoms with Gasteiger partial charge in [-0.1, -0.05) is 58.7 Å². The van der Waals surface area contributed by atoms with E-state index in [2.05, 4.69) is 26.3 Å². The largest absolute Gasteiger partial charge is 0.481 e. The first-order valence-corrected chi connectivity index (χ1v) is 16.8. The second kappa shape index (κ2) is 16.8. The molecule has 0 saturated heterocycles. The molecule has 0 aliphatic carbocycles. The van der Waals surface area contributed by atoms with Gasteiger partial charge in [-0.05, 0) is 48.1 Å². The van der Waals surface area contributed by atoms with E-state index in [1.165, 1.54) is 6.07 Å². The van der Waals surface area contributed by atoms with Crippen molar-refractivity contribution in [3.63, 3.8) is 0 Å². The van der Waals surface area contributed by atoms with E-state index in [0.717, 1.165) is 27.4 Å². The van der Waals surface area contributed by atoms with E-state index in [9.17, 15) is 28.8 Å². The molecular formula is C37H45N5O8. The van der Waals surface area contributed by atoms with Crippen LogP contribution < -0.4 is 26.9 Å². The van der Waals surface area contributed by atoms with E-state index in [0.29, 0.717) is 24.1 Å². The van der Waals surface area contributed by atoms with Crippen molar-refractivity contribution in [1.82, 2.24) is 20.9 Å². The normalized spacial score (nSPS) is 14.3. The van der Waals surface area contributed by atoms with Crippen LogP contribution >= 0.6 is 0 Å². The number of aliphatic carboxylic acids is 1. The first kappa shape index (κ1) is 37.4. The van der Waals surface area contributed by atoms with Crippen molar-refractivity contribution in [2.45, 2.75) is 84.8 Å². The lowest BCUT2D eigenvalue weighted by Crippen LogP contribution is -2.58. The van der Waals surface area contributed by atoms with Gasteiger partial charge in [-0.15, -0.1) is 0 Å². The minimum absolute atomic E-state index is 0.178. The van der Waals surface area contributed by atoms with Crippen LogP contribution in [-0.4, -0.2) is 57.8 Å². The molecule has 0 fully saturated rings. The number of aromatic nitrogens is 1. The number of aryl methyl sites for hydroxylation is 1. The van der Waals surface area contributed by atoms with Crippen molar-refractivity contribution in [3.8, 4) is 0 Å². The number of carbonyl (C=O) groups excluding carboxylic acids is 4. The summed E-state index contributed by atoms with van der Waals surface area (Å²) in [7, 11) is 0. The fourth-order valence-corrected chi connectivity index (χ4v) is 5.74. The van der Waals surface area contributed by atoms with Crippen LogP contribution in [0, 0.1) is 18.8 Å². The van der Waals surface area contributed by atoms with Crippen molar-refractivity contribution in [2.24, 2.45) is 11.8 Å². The standard InChI is InChI=1S/C37H45N5O8/c1-6-20(3)33(40-30(43)14-15-31(44)45)36(48)41-34(21(4)7-2)37(49)42-35(47)28(17-23-19-38-27-11-9-8-10-26(23)27)39-24-12-13-25-22(5)16-32(46)50-29(25)18-24/h8-13,16,18-21,28,33-34,38-39H,6-7,14-15,17H2,1-5H3,(H,40,43)(H,41,48)(H,44,45)(H,42,47,49). The van der Waals surface area contributed by atoms with Gasteiger partial charge in [0.1, 0.15) is 23.7 Å². The molecule has 5 unspecified atom stereocenters. The van der Waals surface area contributed by atoms with E-state index in [1.807, 2.05) is 38.1 Å². The Kier molecular flexibility index (Phi) is 12.5. The highest BCUT2D eigenvalue weighted by molar-refractivity contribution is 6.03. The highest BCUT2D eigenvalue weighted by Crippen LogP contribution is 2.24. The SMILES string of the molecule is CCC(C)C(NC(=O)CCC(=O)O)C(=O)NC(C(=O)NC(=O)C(Cc1c[nH]c2ccccc12)Nc1ccc2c(C)cc(=O)oc2c1)C(C)CC. The summed E-state index contributed by atoms with van der Waals surface area (Å²) in [5.74, 6) is -4.43. The first-order valence-electron chi connectivity index (χ1n) is 16.8. The average Bonchev–Trinajstić information content (AvgIpc) is 3.49. The number of anilines is 1. The van der Waals surface area contributed by atoms with E-state index < -0.39 is 59.3 Å². The minimum atomic E-state index is -1.14. The minimum Gasteiger partial charge on any atom is -0.481 e. The van der Waals surface area contributed by atoms with Gasteiger partial charge in [0.05, 0.1) is 6.42 Å². The number of carboxylic acids is 1. The number of nitrogens with one attached hydrogen (secondary N) is 5. The van der Waals surface area contributed by atoms with Gasteiger partial charge in [0.25, 0.3) is 0 Å². The lowest BCUT2D eigenvalue weighted by atomic mass is 9.94. The Morgan fingerprint density at radius 1 is 0.840 bits per heavy atom. The maximum atomic E-state index is 14.0. The van der Waals surface area contributed by atoms with Gasteiger partial charge in [-0.3, -0.25) is 29.3 Å². The second-order valence-corrected chi connectivity index (χ2v) is 12.8. The van der Waals surface area contributed by atoms with Crippen LogP contribution in [0.2, 0.25) is 0 Å². The summed E-state index contributed by atoms with van der Waals surface area (Å²) >= 11 is 0. The van der Waals surface area contributed by atoms with E-state index >= 15 is 0 Å². The summed E-state index contributed by atoms with van der Waals surface area (Å²) in [5.41, 5.74) is 2.78. The van der Waals surface area contributed by atoms with Crippen molar-refractivity contribution >= 4 is 57.2 Å². The number of para-hydroxylation sites is 1. The number of hydrogen-bond acceptors (Lipinski definition) is 8. The molecule has 0 saturated carbocycles. The number of carboxylic acid groups (broad SMARTS) is 1. The summed E-state index contributed by atoms with van der Waals surface area (Å²) in [6.07, 6.45) is 2.31. The molecule has 2 aromatic carbocycles. The molecule has 50 heavy (non-hydrogen) atoms. The monoisotopic (exact) mass is 687 g/mol. The van der Waals surface area contributed by atoms with Gasteiger partial charge in [-0.25, -0.2) is 4.79 Å². The Labute approximate surface area is 289 Å². The maximum absolute atomic E-state index is 14.0. The Bertz CT molecular complexity index is 1930. The smallest absolute Gasteiger partial charge is 0.336 e. The molecule has 266 valence electrons. The predicted octanol–water partition coefficient (Wildman–Crippen LogP) is 4.18. The van der Waals surface area contributed by atoms with Crippen molar-refractivity contribution in [2.75, 3.05) is 5.32 Å². The number of fused-ring (bicyclic) bond motifs is 2. The zero-order valence-corrected chi connectivity index (χ0v) is 28.9. The maximum Gasteiger partial charge on any atom is 0.336 e. The van der Waals surface area contributed by atoms with Crippen LogP contribution in [0.3, 0.4) is 0 Å². The third-order valence-corrected chi connectivity index (χ3v) is 9.13. The second-order valence-electron chi connectivity index (χ2n) is 12.8. The van der Waals surface area contributed by atoms with Gasteiger partial charge < -0.3 is 30.5 Å². The Hall–Kier alpha value is -5.46. The number of aromatic amines is 1. The molecule has 6 N–H and O–H groups in total. The fraction of sp³-hybridized carbons (Fsp3) is 0.405. The number of H-pyrrole nitrogens is 1. The van der Waals surface area contributed by atoms with E-state index in [-0.39, 0.29) is 25.2 Å². The van der Waals surface area contributed by atoms with Gasteiger partial charge in [0.15, 0.2) is 0 Å². The number of rotatable bonds is 16. The quantitative estimate of drug-likeness (QED) is 0.0936. The molecule has 0 aliphatic heterocycles. The van der Waals surface area contributed by atoms with Crippen LogP contribution in [0.25, 0.3) is 21.9 Å². The van der Waals surface area contributed by atoms with Crippen LogP contribution in [0.4, 0.5) is 5.69 Å². The van der Waals surface area contributed by atoms with E-state index in [4.69, 9.17) is 9.52 Å². The molecule has 0 bridgehead atoms. The summed E-state index contributed by atoms with van der Waals surface area (Å²) < 4.78 is 5.40. The molecule has 13 nitrogen and oxygen atoms in total. The van der Waals surface area contributed by atoms with Gasteiger partial charge >= 0.3 is 11.6 Å². The lowest BCUT2D eigenvalue weighted by Gasteiger charge is -2.29. The van der Waals surface area contributed by atoms with Gasteiger partial charge in [-0.2, -0.15) is 0 Å². The van der Waals surface area contributed by atoms with Crippen LogP contribution in [-0.2, 0) is 30.4 Å².